The van der Waals surface area contributed by atoms with Crippen molar-refractivity contribution in [3.63, 3.8) is 0 Å². The van der Waals surface area contributed by atoms with Crippen LogP contribution in [-0.4, -0.2) is 33.8 Å². The minimum Gasteiger partial charge on any atom is -0.370 e. The van der Waals surface area contributed by atoms with E-state index < -0.39 is 23.5 Å². The lowest BCUT2D eigenvalue weighted by Gasteiger charge is -2.09. The van der Waals surface area contributed by atoms with Crippen LogP contribution in [0.5, 0.6) is 0 Å². The first-order valence-electron chi connectivity index (χ1n) is 9.23. The number of alkyl halides is 3. The van der Waals surface area contributed by atoms with Gasteiger partial charge in [0.15, 0.2) is 0 Å². The van der Waals surface area contributed by atoms with Gasteiger partial charge in [0.2, 0.25) is 0 Å². The normalized spacial score (nSPS) is 11.4. The number of nitrogens with zero attached hydrogens (tertiary/aromatic N) is 3. The molecule has 0 saturated carbocycles. The Kier molecular flexibility index (Phi) is 6.79. The van der Waals surface area contributed by atoms with Crippen LogP contribution in [0.1, 0.15) is 28.0 Å². The van der Waals surface area contributed by atoms with Crippen molar-refractivity contribution in [2.45, 2.75) is 19.5 Å². The summed E-state index contributed by atoms with van der Waals surface area (Å²) in [5.41, 5.74) is 0.322. The van der Waals surface area contributed by atoms with E-state index in [1.54, 1.807) is 6.92 Å². The topological polar surface area (TPSA) is 71.8 Å². The molecule has 164 valence electrons. The lowest BCUT2D eigenvalue weighted by Crippen LogP contribution is -2.26. The number of anilines is 1. The number of halogens is 5. The average Bonchev–Trinajstić information content (AvgIpc) is 3.02. The minimum absolute atomic E-state index is 0.105. The van der Waals surface area contributed by atoms with E-state index >= 15 is 0 Å². The third kappa shape index (κ3) is 5.52. The second-order valence-electron chi connectivity index (χ2n) is 6.61. The van der Waals surface area contributed by atoms with Gasteiger partial charge in [-0.3, -0.25) is 4.79 Å². The van der Waals surface area contributed by atoms with Gasteiger partial charge in [-0.2, -0.15) is 18.3 Å². The molecule has 0 aliphatic rings. The number of benzene rings is 1. The highest BCUT2D eigenvalue weighted by molar-refractivity contribution is 6.33. The molecule has 2 aromatic heterocycles. The maximum Gasteiger partial charge on any atom is 0.417 e. The molecule has 1 aromatic carbocycles. The molecule has 0 aliphatic carbocycles. The largest absolute Gasteiger partial charge is 0.417 e. The van der Waals surface area contributed by atoms with E-state index in [-0.39, 0.29) is 10.7 Å². The molecule has 2 N–H and O–H groups in total. The van der Waals surface area contributed by atoms with Gasteiger partial charge < -0.3 is 10.6 Å². The molecule has 0 spiro atoms. The first-order chi connectivity index (χ1) is 14.7. The number of carbonyl (C=O) groups is 1. The van der Waals surface area contributed by atoms with E-state index in [9.17, 15) is 22.4 Å². The molecule has 0 atom stereocenters. The SMILES string of the molecule is Cc1nn(-c2ccc(F)cc2)c(Cl)c1C(=O)NCCCNc1ccc(C(F)(F)F)cn1. The molecule has 0 radical (unpaired) electrons. The van der Waals surface area contributed by atoms with Crippen LogP contribution >= 0.6 is 11.6 Å². The van der Waals surface area contributed by atoms with E-state index in [1.165, 1.54) is 35.0 Å². The van der Waals surface area contributed by atoms with Gasteiger partial charge in [0.05, 0.1) is 22.5 Å². The summed E-state index contributed by atoms with van der Waals surface area (Å²) >= 11 is 6.31. The number of hydrogen-bond donors (Lipinski definition) is 2. The molecule has 0 bridgehead atoms. The number of hydrogen-bond acceptors (Lipinski definition) is 4. The molecule has 31 heavy (non-hydrogen) atoms. The van der Waals surface area contributed by atoms with E-state index in [0.717, 1.165) is 12.3 Å². The van der Waals surface area contributed by atoms with Gasteiger partial charge in [0.25, 0.3) is 5.91 Å². The third-order valence-corrected chi connectivity index (χ3v) is 4.69. The quantitative estimate of drug-likeness (QED) is 0.403. The zero-order valence-corrected chi connectivity index (χ0v) is 17.1. The molecule has 6 nitrogen and oxygen atoms in total. The van der Waals surface area contributed by atoms with E-state index in [0.29, 0.717) is 36.7 Å². The Balaban J connectivity index is 1.51. The van der Waals surface area contributed by atoms with Gasteiger partial charge in [-0.05, 0) is 49.7 Å². The van der Waals surface area contributed by atoms with Gasteiger partial charge in [-0.25, -0.2) is 14.1 Å². The second kappa shape index (κ2) is 9.34. The summed E-state index contributed by atoms with van der Waals surface area (Å²) in [5, 5.41) is 9.96. The van der Waals surface area contributed by atoms with Crippen molar-refractivity contribution in [2.75, 3.05) is 18.4 Å². The summed E-state index contributed by atoms with van der Waals surface area (Å²) in [5.74, 6) is -0.510. The number of aromatic nitrogens is 3. The Morgan fingerprint density at radius 3 is 2.45 bits per heavy atom. The zero-order chi connectivity index (χ0) is 22.6. The number of carbonyl (C=O) groups excluding carboxylic acids is 1. The number of aryl methyl sites for hydroxylation is 1. The molecular formula is C20H18ClF4N5O. The standard InChI is InChI=1S/C20H18ClF4N5O/c1-12-17(18(21)30(29-12)15-6-4-14(22)5-7-15)19(31)27-10-2-9-26-16-8-3-13(11-28-16)20(23,24)25/h3-8,11H,2,9-10H2,1H3,(H,26,28)(H,27,31). The monoisotopic (exact) mass is 455 g/mol. The van der Waals surface area contributed by atoms with E-state index in [2.05, 4.69) is 20.7 Å². The molecule has 0 unspecified atom stereocenters. The molecule has 0 fully saturated rings. The fourth-order valence-corrected chi connectivity index (χ4v) is 3.13. The maximum absolute atomic E-state index is 13.1. The Morgan fingerprint density at radius 2 is 1.84 bits per heavy atom. The summed E-state index contributed by atoms with van der Waals surface area (Å²) in [6.45, 7) is 2.32. The lowest BCUT2D eigenvalue weighted by molar-refractivity contribution is -0.137. The van der Waals surface area contributed by atoms with Crippen molar-refractivity contribution >= 4 is 23.3 Å². The second-order valence-corrected chi connectivity index (χ2v) is 6.96. The predicted octanol–water partition coefficient (Wildman–Crippen LogP) is 4.62. The first kappa shape index (κ1) is 22.5. The van der Waals surface area contributed by atoms with Gasteiger partial charge in [-0.1, -0.05) is 11.6 Å². The van der Waals surface area contributed by atoms with Crippen LogP contribution in [0.2, 0.25) is 5.15 Å². The average molecular weight is 456 g/mol. The summed E-state index contributed by atoms with van der Waals surface area (Å²) < 4.78 is 52.0. The van der Waals surface area contributed by atoms with Crippen LogP contribution in [0.4, 0.5) is 23.4 Å². The van der Waals surface area contributed by atoms with Crippen molar-refractivity contribution in [3.8, 4) is 5.69 Å². The highest BCUT2D eigenvalue weighted by Crippen LogP contribution is 2.28. The van der Waals surface area contributed by atoms with Crippen molar-refractivity contribution < 1.29 is 22.4 Å². The molecular weight excluding hydrogens is 438 g/mol. The number of nitrogens with one attached hydrogen (secondary N) is 2. The van der Waals surface area contributed by atoms with Crippen LogP contribution in [0, 0.1) is 12.7 Å². The van der Waals surface area contributed by atoms with Crippen molar-refractivity contribution in [1.82, 2.24) is 20.1 Å². The van der Waals surface area contributed by atoms with Crippen molar-refractivity contribution in [1.29, 1.82) is 0 Å². The van der Waals surface area contributed by atoms with Crippen LogP contribution in [0.25, 0.3) is 5.69 Å². The maximum atomic E-state index is 13.1. The highest BCUT2D eigenvalue weighted by atomic mass is 35.5. The molecule has 2 heterocycles. The summed E-state index contributed by atoms with van der Waals surface area (Å²) in [6, 6.07) is 7.71. The molecule has 0 saturated heterocycles. The first-order valence-corrected chi connectivity index (χ1v) is 9.61. The Morgan fingerprint density at radius 1 is 1.13 bits per heavy atom. The number of amides is 1. The van der Waals surface area contributed by atoms with Crippen molar-refractivity contribution in [2.24, 2.45) is 0 Å². The number of pyridine rings is 1. The fraction of sp³-hybridized carbons (Fsp3) is 0.250. The Bertz CT molecular complexity index is 1050. The molecule has 0 aliphatic heterocycles. The van der Waals surface area contributed by atoms with E-state index in [4.69, 9.17) is 11.6 Å². The van der Waals surface area contributed by atoms with E-state index in [1.807, 2.05) is 0 Å². The molecule has 3 rings (SSSR count). The molecule has 3 aromatic rings. The Labute approximate surface area is 180 Å². The van der Waals surface area contributed by atoms with Gasteiger partial charge in [0.1, 0.15) is 16.8 Å². The fourth-order valence-electron chi connectivity index (χ4n) is 2.77. The number of rotatable bonds is 7. The predicted molar refractivity (Wildman–Crippen MR) is 108 cm³/mol. The smallest absolute Gasteiger partial charge is 0.370 e. The van der Waals surface area contributed by atoms with Gasteiger partial charge >= 0.3 is 6.18 Å². The summed E-state index contributed by atoms with van der Waals surface area (Å²) in [7, 11) is 0. The van der Waals surface area contributed by atoms with Gasteiger partial charge in [-0.15, -0.1) is 0 Å². The minimum atomic E-state index is -4.43. The van der Waals surface area contributed by atoms with Crippen LogP contribution in [0.15, 0.2) is 42.6 Å². The Hall–Kier alpha value is -3.14. The third-order valence-electron chi connectivity index (χ3n) is 4.34. The van der Waals surface area contributed by atoms with Crippen LogP contribution in [0.3, 0.4) is 0 Å². The molecule has 1 amide bonds. The van der Waals surface area contributed by atoms with Gasteiger partial charge in [0, 0.05) is 19.3 Å². The lowest BCUT2D eigenvalue weighted by atomic mass is 10.2. The van der Waals surface area contributed by atoms with Crippen molar-refractivity contribution in [3.05, 3.63) is 70.4 Å². The molecule has 11 heteroatoms. The van der Waals surface area contributed by atoms with Crippen LogP contribution < -0.4 is 10.6 Å². The zero-order valence-electron chi connectivity index (χ0n) is 16.3. The highest BCUT2D eigenvalue weighted by Gasteiger charge is 2.30. The van der Waals surface area contributed by atoms with Crippen LogP contribution in [-0.2, 0) is 6.18 Å². The summed E-state index contributed by atoms with van der Waals surface area (Å²) in [6.07, 6.45) is -3.18. The summed E-state index contributed by atoms with van der Waals surface area (Å²) in [4.78, 5) is 16.2.